The second-order valence-corrected chi connectivity index (χ2v) is 13.7. The van der Waals surface area contributed by atoms with E-state index in [1.54, 1.807) is 0 Å². The molecule has 0 amide bonds. The highest BCUT2D eigenvalue weighted by molar-refractivity contribution is 6.31. The van der Waals surface area contributed by atoms with Crippen LogP contribution in [0.25, 0.3) is 99.9 Å². The molecule has 0 aliphatic carbocycles. The summed E-state index contributed by atoms with van der Waals surface area (Å²) in [7, 11) is 0. The smallest absolute Gasteiger partial charge is 0.238 e. The lowest BCUT2D eigenvalue weighted by Crippen LogP contribution is -2.06. The van der Waals surface area contributed by atoms with Crippen molar-refractivity contribution in [1.82, 2.24) is 24.1 Å². The van der Waals surface area contributed by atoms with Gasteiger partial charge in [-0.25, -0.2) is 4.98 Å². The van der Waals surface area contributed by atoms with E-state index in [0.717, 1.165) is 60.6 Å². The van der Waals surface area contributed by atoms with Crippen molar-refractivity contribution in [1.29, 1.82) is 0 Å². The lowest BCUT2D eigenvalue weighted by atomic mass is 10.0. The molecule has 0 radical (unpaired) electrons. The van der Waals surface area contributed by atoms with E-state index in [1.807, 2.05) is 24.3 Å². The molecule has 11 aromatic rings. The molecule has 3 aromatic heterocycles. The monoisotopic (exact) mass is 689 g/mol. The number of aromatic nitrogens is 5. The largest absolute Gasteiger partial charge is 0.309 e. The normalized spacial score (nSPS) is 11.7. The summed E-state index contributed by atoms with van der Waals surface area (Å²) in [6.07, 6.45) is 0. The summed E-state index contributed by atoms with van der Waals surface area (Å²) in [4.78, 5) is 15.8. The van der Waals surface area contributed by atoms with Gasteiger partial charge in [-0.2, -0.15) is 9.97 Å². The standard InChI is InChI=1S/C49H31N5/c1-4-15-32(16-5-1)35-20-14-21-36(31-35)48-50-47(34-18-6-2-7-19-34)51-49(52-48)54-43-30-29-42-44(45(43)40-28-27-33-17-10-11-24-38(33)46(40)54)39-25-12-13-26-41(39)53(42)37-22-8-3-9-23-37/h1-31H. The molecule has 0 spiro atoms. The molecule has 54 heavy (non-hydrogen) atoms. The molecule has 0 saturated carbocycles. The Morgan fingerprint density at radius 1 is 0.333 bits per heavy atom. The minimum atomic E-state index is 0.575. The SMILES string of the molecule is c1ccc(-c2cccc(-c3nc(-c4ccccc4)nc(-n4c5ccc6c(c7ccccc7n6-c6ccccc6)c5c5ccc6ccccc6c54)n3)c2)cc1. The fourth-order valence-corrected chi connectivity index (χ4v) is 8.17. The van der Waals surface area contributed by atoms with Crippen LogP contribution >= 0.6 is 0 Å². The van der Waals surface area contributed by atoms with Crippen molar-refractivity contribution in [3.8, 4) is 45.5 Å². The Bertz CT molecular complexity index is 3200. The van der Waals surface area contributed by atoms with Crippen molar-refractivity contribution in [2.24, 2.45) is 0 Å². The van der Waals surface area contributed by atoms with Crippen molar-refractivity contribution < 1.29 is 0 Å². The number of para-hydroxylation sites is 2. The molecule has 5 heteroatoms. The van der Waals surface area contributed by atoms with Crippen LogP contribution in [-0.2, 0) is 0 Å². The van der Waals surface area contributed by atoms with Crippen molar-refractivity contribution in [2.45, 2.75) is 0 Å². The third-order valence-corrected chi connectivity index (χ3v) is 10.5. The van der Waals surface area contributed by atoms with Crippen LogP contribution in [0, 0.1) is 0 Å². The van der Waals surface area contributed by atoms with E-state index in [1.165, 1.54) is 21.7 Å². The highest BCUT2D eigenvalue weighted by Gasteiger charge is 2.24. The minimum absolute atomic E-state index is 0.575. The van der Waals surface area contributed by atoms with E-state index in [2.05, 4.69) is 173 Å². The Balaban J connectivity index is 1.27. The summed E-state index contributed by atoms with van der Waals surface area (Å²) in [6, 6.07) is 66.1. The maximum absolute atomic E-state index is 5.34. The van der Waals surface area contributed by atoms with Gasteiger partial charge in [-0.05, 0) is 52.9 Å². The molecule has 252 valence electrons. The number of nitrogens with zero attached hydrogens (tertiary/aromatic N) is 5. The van der Waals surface area contributed by atoms with E-state index < -0.39 is 0 Å². The van der Waals surface area contributed by atoms with Gasteiger partial charge in [0.1, 0.15) is 0 Å². The second-order valence-electron chi connectivity index (χ2n) is 13.7. The summed E-state index contributed by atoms with van der Waals surface area (Å²) in [5.74, 6) is 1.82. The lowest BCUT2D eigenvalue weighted by molar-refractivity contribution is 0.955. The molecule has 0 aliphatic heterocycles. The van der Waals surface area contributed by atoms with Gasteiger partial charge < -0.3 is 4.57 Å². The van der Waals surface area contributed by atoms with Crippen molar-refractivity contribution in [2.75, 3.05) is 0 Å². The van der Waals surface area contributed by atoms with Crippen LogP contribution in [-0.4, -0.2) is 24.1 Å². The summed E-state index contributed by atoms with van der Waals surface area (Å²) < 4.78 is 4.64. The van der Waals surface area contributed by atoms with E-state index in [9.17, 15) is 0 Å². The van der Waals surface area contributed by atoms with Crippen LogP contribution in [0.15, 0.2) is 188 Å². The van der Waals surface area contributed by atoms with E-state index in [0.29, 0.717) is 17.6 Å². The van der Waals surface area contributed by atoms with Gasteiger partial charge in [-0.15, -0.1) is 0 Å². The average Bonchev–Trinajstić information content (AvgIpc) is 3.78. The molecule has 5 nitrogen and oxygen atoms in total. The summed E-state index contributed by atoms with van der Waals surface area (Å²) in [5.41, 5.74) is 9.67. The first-order chi connectivity index (χ1) is 26.8. The molecule has 8 aromatic carbocycles. The number of benzene rings is 8. The summed E-state index contributed by atoms with van der Waals surface area (Å²) >= 11 is 0. The third-order valence-electron chi connectivity index (χ3n) is 10.5. The van der Waals surface area contributed by atoms with Crippen LogP contribution in [0.1, 0.15) is 0 Å². The summed E-state index contributed by atoms with van der Waals surface area (Å²) in [6.45, 7) is 0. The zero-order chi connectivity index (χ0) is 35.6. The predicted molar refractivity (Wildman–Crippen MR) is 222 cm³/mol. The van der Waals surface area contributed by atoms with Crippen LogP contribution < -0.4 is 0 Å². The second kappa shape index (κ2) is 12.1. The molecule has 0 atom stereocenters. The van der Waals surface area contributed by atoms with Gasteiger partial charge in [-0.3, -0.25) is 4.57 Å². The molecule has 0 bridgehead atoms. The maximum Gasteiger partial charge on any atom is 0.238 e. The molecule has 0 saturated heterocycles. The molecule has 11 rings (SSSR count). The quantitative estimate of drug-likeness (QED) is 0.181. The Morgan fingerprint density at radius 2 is 0.907 bits per heavy atom. The molecule has 0 unspecified atom stereocenters. The van der Waals surface area contributed by atoms with Crippen molar-refractivity contribution in [3.05, 3.63) is 188 Å². The van der Waals surface area contributed by atoms with Crippen LogP contribution in [0.3, 0.4) is 0 Å². The highest BCUT2D eigenvalue weighted by atomic mass is 15.2. The number of hydrogen-bond donors (Lipinski definition) is 0. The predicted octanol–water partition coefficient (Wildman–Crippen LogP) is 12.2. The van der Waals surface area contributed by atoms with Crippen LogP contribution in [0.2, 0.25) is 0 Å². The van der Waals surface area contributed by atoms with Gasteiger partial charge in [0.25, 0.3) is 0 Å². The minimum Gasteiger partial charge on any atom is -0.309 e. The molecule has 3 heterocycles. The highest BCUT2D eigenvalue weighted by Crippen LogP contribution is 2.44. The number of hydrogen-bond acceptors (Lipinski definition) is 3. The molecule has 0 N–H and O–H groups in total. The fraction of sp³-hybridized carbons (Fsp3) is 0. The Labute approximate surface area is 311 Å². The maximum atomic E-state index is 5.34. The summed E-state index contributed by atoms with van der Waals surface area (Å²) in [5, 5.41) is 7.03. The third kappa shape index (κ3) is 4.69. The van der Waals surface area contributed by atoms with Gasteiger partial charge in [0.2, 0.25) is 5.95 Å². The van der Waals surface area contributed by atoms with E-state index >= 15 is 0 Å². The van der Waals surface area contributed by atoms with Gasteiger partial charge >= 0.3 is 0 Å². The molecule has 0 fully saturated rings. The Kier molecular flexibility index (Phi) is 6.79. The first-order valence-corrected chi connectivity index (χ1v) is 18.2. The molecular weight excluding hydrogens is 659 g/mol. The van der Waals surface area contributed by atoms with Crippen molar-refractivity contribution in [3.63, 3.8) is 0 Å². The zero-order valence-electron chi connectivity index (χ0n) is 29.1. The number of fused-ring (bicyclic) bond motifs is 9. The van der Waals surface area contributed by atoms with Gasteiger partial charge in [-0.1, -0.05) is 152 Å². The number of rotatable bonds is 5. The lowest BCUT2D eigenvalue weighted by Gasteiger charge is -2.12. The fourth-order valence-electron chi connectivity index (χ4n) is 8.17. The van der Waals surface area contributed by atoms with Crippen LogP contribution in [0.5, 0.6) is 0 Å². The van der Waals surface area contributed by atoms with E-state index in [4.69, 9.17) is 15.0 Å². The topological polar surface area (TPSA) is 48.5 Å². The molecular formula is C49H31N5. The first kappa shape index (κ1) is 30.3. The average molecular weight is 690 g/mol. The van der Waals surface area contributed by atoms with Gasteiger partial charge in [0.05, 0.1) is 22.1 Å². The van der Waals surface area contributed by atoms with Gasteiger partial charge in [0, 0.05) is 43.7 Å². The van der Waals surface area contributed by atoms with Crippen molar-refractivity contribution >= 4 is 54.4 Å². The first-order valence-electron chi connectivity index (χ1n) is 18.2. The van der Waals surface area contributed by atoms with E-state index in [-0.39, 0.29) is 0 Å². The Morgan fingerprint density at radius 3 is 1.69 bits per heavy atom. The van der Waals surface area contributed by atoms with Gasteiger partial charge in [0.15, 0.2) is 11.6 Å². The molecule has 0 aliphatic rings. The zero-order valence-corrected chi connectivity index (χ0v) is 29.1. The van der Waals surface area contributed by atoms with Crippen LogP contribution in [0.4, 0.5) is 0 Å². The Hall–Kier alpha value is -7.37.